The second kappa shape index (κ2) is 10.4. The molecule has 172 valence electrons. The maximum absolute atomic E-state index is 12.9. The minimum Gasteiger partial charge on any atom is -0.508 e. The normalized spacial score (nSPS) is 14.4. The first-order valence-corrected chi connectivity index (χ1v) is 11.4. The Labute approximate surface area is 206 Å². The lowest BCUT2D eigenvalue weighted by Gasteiger charge is -2.15. The summed E-state index contributed by atoms with van der Waals surface area (Å²) in [6.07, 6.45) is 1.68. The molecule has 4 rings (SSSR count). The van der Waals surface area contributed by atoms with Crippen LogP contribution in [0.1, 0.15) is 21.5 Å². The van der Waals surface area contributed by atoms with Gasteiger partial charge in [0.2, 0.25) is 0 Å². The number of hydrazine groups is 1. The van der Waals surface area contributed by atoms with Gasteiger partial charge in [0.25, 0.3) is 11.8 Å². The van der Waals surface area contributed by atoms with E-state index in [1.807, 2.05) is 30.3 Å². The number of nitrogens with zero attached hydrogens (tertiary/aromatic N) is 1. The van der Waals surface area contributed by atoms with Crippen LogP contribution in [0.3, 0.4) is 0 Å². The van der Waals surface area contributed by atoms with Crippen molar-refractivity contribution in [2.24, 2.45) is 0 Å². The molecular formula is C25H20N2O5S2. The number of phenolic OH excluding ortho intramolecular Hbond substituents is 1. The number of carbonyl (C=O) groups excluding carboxylic acids is 2. The van der Waals surface area contributed by atoms with Crippen molar-refractivity contribution >= 4 is 46.2 Å². The van der Waals surface area contributed by atoms with Gasteiger partial charge in [-0.15, -0.1) is 0 Å². The molecule has 0 bridgehead atoms. The number of methoxy groups -OCH3 is 1. The van der Waals surface area contributed by atoms with Crippen LogP contribution in [-0.2, 0) is 11.4 Å². The Morgan fingerprint density at radius 1 is 1.09 bits per heavy atom. The van der Waals surface area contributed by atoms with Crippen molar-refractivity contribution in [1.82, 2.24) is 10.4 Å². The van der Waals surface area contributed by atoms with E-state index in [4.69, 9.17) is 21.7 Å². The fourth-order valence-electron chi connectivity index (χ4n) is 3.13. The molecule has 7 nitrogen and oxygen atoms in total. The van der Waals surface area contributed by atoms with Gasteiger partial charge in [0.05, 0.1) is 12.0 Å². The van der Waals surface area contributed by atoms with Crippen LogP contribution in [0.25, 0.3) is 6.08 Å². The molecule has 0 aliphatic carbocycles. The number of thioether (sulfide) groups is 1. The van der Waals surface area contributed by atoms with Crippen LogP contribution in [0.2, 0.25) is 0 Å². The summed E-state index contributed by atoms with van der Waals surface area (Å²) in [4.78, 5) is 25.7. The zero-order chi connectivity index (χ0) is 24.1. The predicted molar refractivity (Wildman–Crippen MR) is 134 cm³/mol. The molecule has 0 saturated carbocycles. The summed E-state index contributed by atoms with van der Waals surface area (Å²) in [5.41, 5.74) is 4.53. The molecule has 0 atom stereocenters. The Kier molecular flexibility index (Phi) is 7.15. The zero-order valence-electron chi connectivity index (χ0n) is 18.1. The van der Waals surface area contributed by atoms with Crippen LogP contribution < -0.4 is 14.9 Å². The van der Waals surface area contributed by atoms with Gasteiger partial charge in [-0.25, -0.2) is 0 Å². The van der Waals surface area contributed by atoms with Gasteiger partial charge in [0.15, 0.2) is 15.8 Å². The smallest absolute Gasteiger partial charge is 0.285 e. The van der Waals surface area contributed by atoms with Crippen LogP contribution in [0.15, 0.2) is 77.7 Å². The SMILES string of the molecule is COc1ccc(/C=C2\SC(=S)N(NC(=O)c3ccc(O)cc3)C2=O)cc1OCc1ccccc1. The van der Waals surface area contributed by atoms with E-state index in [1.54, 1.807) is 31.4 Å². The fraction of sp³-hybridized carbons (Fsp3) is 0.0800. The highest BCUT2D eigenvalue weighted by Gasteiger charge is 2.33. The molecule has 1 saturated heterocycles. The maximum Gasteiger partial charge on any atom is 0.285 e. The molecule has 0 spiro atoms. The van der Waals surface area contributed by atoms with Crippen LogP contribution >= 0.6 is 24.0 Å². The number of amides is 2. The summed E-state index contributed by atoms with van der Waals surface area (Å²) in [6, 6.07) is 20.8. The first-order valence-electron chi connectivity index (χ1n) is 10.2. The highest BCUT2D eigenvalue weighted by atomic mass is 32.2. The van der Waals surface area contributed by atoms with Crippen molar-refractivity contribution < 1.29 is 24.2 Å². The molecule has 34 heavy (non-hydrogen) atoms. The summed E-state index contributed by atoms with van der Waals surface area (Å²) in [7, 11) is 1.56. The topological polar surface area (TPSA) is 88.1 Å². The van der Waals surface area contributed by atoms with Gasteiger partial charge < -0.3 is 14.6 Å². The van der Waals surface area contributed by atoms with Gasteiger partial charge in [0, 0.05) is 5.56 Å². The lowest BCUT2D eigenvalue weighted by Crippen LogP contribution is -2.44. The number of rotatable bonds is 7. The van der Waals surface area contributed by atoms with E-state index in [0.29, 0.717) is 28.6 Å². The molecule has 2 amide bonds. The molecule has 0 aromatic heterocycles. The molecule has 1 fully saturated rings. The largest absolute Gasteiger partial charge is 0.508 e. The first kappa shape index (κ1) is 23.3. The Morgan fingerprint density at radius 3 is 2.53 bits per heavy atom. The second-order valence-corrected chi connectivity index (χ2v) is 8.87. The third-order valence-electron chi connectivity index (χ3n) is 4.86. The Balaban J connectivity index is 1.49. The second-order valence-electron chi connectivity index (χ2n) is 7.19. The Morgan fingerprint density at radius 2 is 1.82 bits per heavy atom. The monoisotopic (exact) mass is 492 g/mol. The maximum atomic E-state index is 12.9. The van der Waals surface area contributed by atoms with Crippen LogP contribution in [0.5, 0.6) is 17.2 Å². The quantitative estimate of drug-likeness (QED) is 0.370. The average Bonchev–Trinajstić information content (AvgIpc) is 3.11. The number of ether oxygens (including phenoxy) is 2. The summed E-state index contributed by atoms with van der Waals surface area (Å²) in [6.45, 7) is 0.367. The highest BCUT2D eigenvalue weighted by Crippen LogP contribution is 2.34. The molecule has 1 aliphatic rings. The van der Waals surface area contributed by atoms with Crippen molar-refractivity contribution in [1.29, 1.82) is 0 Å². The Hall–Kier alpha value is -3.82. The first-order chi connectivity index (χ1) is 16.4. The van der Waals surface area contributed by atoms with Crippen molar-refractivity contribution in [3.63, 3.8) is 0 Å². The van der Waals surface area contributed by atoms with Crippen LogP contribution in [0, 0.1) is 0 Å². The third kappa shape index (κ3) is 5.38. The molecule has 9 heteroatoms. The summed E-state index contributed by atoms with van der Waals surface area (Å²) >= 11 is 6.37. The standard InChI is InChI=1S/C25H20N2O5S2/c1-31-20-12-7-17(13-21(20)32-15-16-5-3-2-4-6-16)14-22-24(30)27(25(33)34-22)26-23(29)18-8-10-19(28)11-9-18/h2-14,28H,15H2,1H3,(H,26,29)/b22-14-. The van der Waals surface area contributed by atoms with Gasteiger partial charge >= 0.3 is 0 Å². The Bertz CT molecular complexity index is 1260. The zero-order valence-corrected chi connectivity index (χ0v) is 19.7. The van der Waals surface area contributed by atoms with E-state index in [1.165, 1.54) is 24.3 Å². The van der Waals surface area contributed by atoms with Gasteiger partial charge in [0.1, 0.15) is 12.4 Å². The van der Waals surface area contributed by atoms with E-state index in [9.17, 15) is 14.7 Å². The van der Waals surface area contributed by atoms with E-state index in [2.05, 4.69) is 5.43 Å². The van der Waals surface area contributed by atoms with Gasteiger partial charge in [-0.2, -0.15) is 5.01 Å². The number of hydrogen-bond donors (Lipinski definition) is 2. The van der Waals surface area contributed by atoms with Gasteiger partial charge in [-0.3, -0.25) is 15.0 Å². The summed E-state index contributed by atoms with van der Waals surface area (Å²) in [5, 5.41) is 10.4. The van der Waals surface area contributed by atoms with Gasteiger partial charge in [-0.05, 0) is 65.8 Å². The number of phenols is 1. The molecular weight excluding hydrogens is 472 g/mol. The van der Waals surface area contributed by atoms with E-state index in [0.717, 1.165) is 22.3 Å². The number of hydrogen-bond acceptors (Lipinski definition) is 7. The lowest BCUT2D eigenvalue weighted by molar-refractivity contribution is -0.123. The van der Waals surface area contributed by atoms with Crippen molar-refractivity contribution in [2.45, 2.75) is 6.61 Å². The number of nitrogens with one attached hydrogen (secondary N) is 1. The molecule has 1 aliphatic heterocycles. The van der Waals surface area contributed by atoms with E-state index in [-0.39, 0.29) is 15.6 Å². The van der Waals surface area contributed by atoms with Crippen molar-refractivity contribution in [3.05, 3.63) is 94.4 Å². The van der Waals surface area contributed by atoms with Gasteiger partial charge in [-0.1, -0.05) is 48.2 Å². The van der Waals surface area contributed by atoms with Crippen LogP contribution in [-0.4, -0.2) is 33.4 Å². The molecule has 3 aromatic rings. The fourth-order valence-corrected chi connectivity index (χ4v) is 4.31. The summed E-state index contributed by atoms with van der Waals surface area (Å²) < 4.78 is 11.5. The molecule has 1 heterocycles. The molecule has 0 radical (unpaired) electrons. The van der Waals surface area contributed by atoms with E-state index < -0.39 is 11.8 Å². The number of aromatic hydroxyl groups is 1. The predicted octanol–water partition coefficient (Wildman–Crippen LogP) is 4.53. The third-order valence-corrected chi connectivity index (χ3v) is 6.16. The molecule has 0 unspecified atom stereocenters. The number of carbonyl (C=O) groups is 2. The molecule has 3 aromatic carbocycles. The number of benzene rings is 3. The summed E-state index contributed by atoms with van der Waals surface area (Å²) in [5.74, 6) is 0.193. The minimum absolute atomic E-state index is 0.0386. The minimum atomic E-state index is -0.515. The molecule has 2 N–H and O–H groups in total. The van der Waals surface area contributed by atoms with Crippen molar-refractivity contribution in [3.8, 4) is 17.2 Å². The van der Waals surface area contributed by atoms with E-state index >= 15 is 0 Å². The number of thiocarbonyl (C=S) groups is 1. The highest BCUT2D eigenvalue weighted by molar-refractivity contribution is 8.26. The lowest BCUT2D eigenvalue weighted by atomic mass is 10.1. The van der Waals surface area contributed by atoms with Crippen LogP contribution in [0.4, 0.5) is 0 Å². The van der Waals surface area contributed by atoms with Crippen molar-refractivity contribution in [2.75, 3.05) is 7.11 Å². The average molecular weight is 493 g/mol.